The zero-order chi connectivity index (χ0) is 25.0. The van der Waals surface area contributed by atoms with Crippen LogP contribution < -0.4 is 10.2 Å². The summed E-state index contributed by atoms with van der Waals surface area (Å²) in [6.45, 7) is 0. The van der Waals surface area contributed by atoms with Gasteiger partial charge < -0.3 is 10.2 Å². The standard InChI is InChI=1S/C25H22F2N8O/c1-33(2)18-5-3-4-16(12-18)17-8-10-22-30-31-24(34(22)13-17)25(26,27)19-9-11-21-28-20(14-35(21)32-19)29-23(36)15-6-7-15/h3-5,8-15H,6-7H2,1-2H3,(H,29,36). The highest BCUT2D eigenvalue weighted by Gasteiger charge is 2.41. The van der Waals surface area contributed by atoms with Gasteiger partial charge in [-0.15, -0.1) is 10.2 Å². The van der Waals surface area contributed by atoms with Crippen LogP contribution in [0.4, 0.5) is 20.3 Å². The zero-order valence-electron chi connectivity index (χ0n) is 19.6. The van der Waals surface area contributed by atoms with Crippen molar-refractivity contribution in [3.8, 4) is 11.1 Å². The molecule has 1 aromatic carbocycles. The first-order valence-electron chi connectivity index (χ1n) is 11.5. The van der Waals surface area contributed by atoms with Crippen LogP contribution in [0.5, 0.6) is 0 Å². The molecule has 5 aromatic rings. The number of nitrogens with one attached hydrogen (secondary N) is 1. The van der Waals surface area contributed by atoms with E-state index in [0.29, 0.717) is 11.3 Å². The number of alkyl halides is 2. The SMILES string of the molecule is CN(C)c1cccc(-c2ccc3nnc(C(F)(F)c4ccc5nc(NC(=O)C6CC6)cn5n4)n3c2)c1. The number of hydrogen-bond acceptors (Lipinski definition) is 6. The number of rotatable bonds is 6. The zero-order valence-corrected chi connectivity index (χ0v) is 19.6. The second-order valence-corrected chi connectivity index (χ2v) is 9.10. The monoisotopic (exact) mass is 488 g/mol. The molecule has 0 atom stereocenters. The Morgan fingerprint density at radius 1 is 1.03 bits per heavy atom. The summed E-state index contributed by atoms with van der Waals surface area (Å²) in [5, 5.41) is 14.5. The Morgan fingerprint density at radius 3 is 2.61 bits per heavy atom. The number of halogens is 2. The van der Waals surface area contributed by atoms with Crippen LogP contribution in [0.2, 0.25) is 0 Å². The fourth-order valence-electron chi connectivity index (χ4n) is 4.04. The average molecular weight is 489 g/mol. The van der Waals surface area contributed by atoms with Gasteiger partial charge in [0.25, 0.3) is 0 Å². The van der Waals surface area contributed by atoms with Crippen molar-refractivity contribution in [1.82, 2.24) is 29.2 Å². The van der Waals surface area contributed by atoms with Gasteiger partial charge in [0.1, 0.15) is 5.69 Å². The molecule has 4 aromatic heterocycles. The quantitative estimate of drug-likeness (QED) is 0.389. The van der Waals surface area contributed by atoms with Gasteiger partial charge in [0.15, 0.2) is 17.1 Å². The minimum atomic E-state index is -3.54. The third-order valence-electron chi connectivity index (χ3n) is 6.22. The van der Waals surface area contributed by atoms with E-state index in [9.17, 15) is 4.79 Å². The Balaban J connectivity index is 1.36. The normalized spacial score (nSPS) is 13.9. The molecule has 1 fully saturated rings. The Hall–Kier alpha value is -4.41. The van der Waals surface area contributed by atoms with Crippen molar-refractivity contribution in [3.63, 3.8) is 0 Å². The summed E-state index contributed by atoms with van der Waals surface area (Å²) in [4.78, 5) is 18.2. The van der Waals surface area contributed by atoms with E-state index in [-0.39, 0.29) is 17.6 Å². The lowest BCUT2D eigenvalue weighted by atomic mass is 10.1. The minimum absolute atomic E-state index is 0.000801. The number of carbonyl (C=O) groups is 1. The second kappa shape index (κ2) is 8.08. The van der Waals surface area contributed by atoms with E-state index in [1.165, 1.54) is 27.2 Å². The molecular formula is C25H22F2N8O. The van der Waals surface area contributed by atoms with Crippen molar-refractivity contribution >= 4 is 28.7 Å². The molecule has 9 nitrogen and oxygen atoms in total. The van der Waals surface area contributed by atoms with Gasteiger partial charge in [-0.05, 0) is 60.4 Å². The maximum absolute atomic E-state index is 15.7. The molecule has 1 aliphatic rings. The summed E-state index contributed by atoms with van der Waals surface area (Å²) in [6, 6.07) is 13.9. The summed E-state index contributed by atoms with van der Waals surface area (Å²) in [6.07, 6.45) is 4.73. The highest BCUT2D eigenvalue weighted by Crippen LogP contribution is 2.35. The lowest BCUT2D eigenvalue weighted by Crippen LogP contribution is -2.22. The van der Waals surface area contributed by atoms with Crippen LogP contribution in [0, 0.1) is 5.92 Å². The molecule has 1 N–H and O–H groups in total. The number of amides is 1. The molecule has 1 saturated carbocycles. The number of aromatic nitrogens is 6. The van der Waals surface area contributed by atoms with Crippen LogP contribution in [0.15, 0.2) is 60.9 Å². The third-order valence-corrected chi connectivity index (χ3v) is 6.22. The van der Waals surface area contributed by atoms with E-state index in [4.69, 9.17) is 0 Å². The second-order valence-electron chi connectivity index (χ2n) is 9.10. The minimum Gasteiger partial charge on any atom is -0.378 e. The number of fused-ring (bicyclic) bond motifs is 2. The van der Waals surface area contributed by atoms with E-state index in [0.717, 1.165) is 29.7 Å². The number of anilines is 2. The summed E-state index contributed by atoms with van der Waals surface area (Å²) < 4.78 is 34.0. The third kappa shape index (κ3) is 3.82. The number of benzene rings is 1. The van der Waals surface area contributed by atoms with Crippen molar-refractivity contribution < 1.29 is 13.6 Å². The lowest BCUT2D eigenvalue weighted by molar-refractivity contribution is -0.117. The van der Waals surface area contributed by atoms with Crippen LogP contribution in [0.25, 0.3) is 22.4 Å². The highest BCUT2D eigenvalue weighted by atomic mass is 19.3. The number of carbonyl (C=O) groups excluding carboxylic acids is 1. The van der Waals surface area contributed by atoms with Crippen molar-refractivity contribution in [2.24, 2.45) is 5.92 Å². The smallest absolute Gasteiger partial charge is 0.350 e. The molecule has 0 saturated heterocycles. The lowest BCUT2D eigenvalue weighted by Gasteiger charge is -2.15. The van der Waals surface area contributed by atoms with E-state index >= 15 is 8.78 Å². The van der Waals surface area contributed by atoms with Gasteiger partial charge in [0, 0.05) is 31.9 Å². The van der Waals surface area contributed by atoms with Crippen LogP contribution in [-0.4, -0.2) is 49.2 Å². The Morgan fingerprint density at radius 2 is 1.83 bits per heavy atom. The van der Waals surface area contributed by atoms with Crippen molar-refractivity contribution in [1.29, 1.82) is 0 Å². The predicted molar refractivity (Wildman–Crippen MR) is 130 cm³/mol. The fraction of sp³-hybridized carbons (Fsp3) is 0.240. The molecule has 0 aliphatic heterocycles. The van der Waals surface area contributed by atoms with E-state index < -0.39 is 17.4 Å². The summed E-state index contributed by atoms with van der Waals surface area (Å²) in [5.74, 6) is -3.93. The van der Waals surface area contributed by atoms with Crippen molar-refractivity contribution in [3.05, 3.63) is 72.4 Å². The summed E-state index contributed by atoms with van der Waals surface area (Å²) in [5.41, 5.74) is 2.75. The number of pyridine rings is 1. The summed E-state index contributed by atoms with van der Waals surface area (Å²) >= 11 is 0. The maximum Gasteiger partial charge on any atom is 0.350 e. The largest absolute Gasteiger partial charge is 0.378 e. The fourth-order valence-corrected chi connectivity index (χ4v) is 4.04. The average Bonchev–Trinajstić information content (AvgIpc) is 3.51. The van der Waals surface area contributed by atoms with Crippen LogP contribution in [0.3, 0.4) is 0 Å². The maximum atomic E-state index is 15.7. The van der Waals surface area contributed by atoms with Gasteiger partial charge in [-0.2, -0.15) is 13.9 Å². The molecule has 0 spiro atoms. The van der Waals surface area contributed by atoms with E-state index in [2.05, 4.69) is 25.6 Å². The molecule has 1 amide bonds. The van der Waals surface area contributed by atoms with Gasteiger partial charge >= 0.3 is 5.92 Å². The number of hydrogen-bond donors (Lipinski definition) is 1. The summed E-state index contributed by atoms with van der Waals surface area (Å²) in [7, 11) is 3.88. The molecule has 11 heteroatoms. The molecule has 36 heavy (non-hydrogen) atoms. The molecule has 4 heterocycles. The predicted octanol–water partition coefficient (Wildman–Crippen LogP) is 3.99. The first-order chi connectivity index (χ1) is 17.3. The van der Waals surface area contributed by atoms with Gasteiger partial charge in [-0.25, -0.2) is 9.50 Å². The molecule has 6 rings (SSSR count). The van der Waals surface area contributed by atoms with Gasteiger partial charge in [-0.1, -0.05) is 12.1 Å². The highest BCUT2D eigenvalue weighted by molar-refractivity contribution is 5.93. The van der Waals surface area contributed by atoms with Gasteiger partial charge in [0.05, 0.1) is 6.20 Å². The van der Waals surface area contributed by atoms with Crippen LogP contribution in [-0.2, 0) is 10.7 Å². The van der Waals surface area contributed by atoms with Crippen LogP contribution in [0.1, 0.15) is 24.4 Å². The van der Waals surface area contributed by atoms with Gasteiger partial charge in [0.2, 0.25) is 11.7 Å². The van der Waals surface area contributed by atoms with E-state index in [1.54, 1.807) is 12.3 Å². The van der Waals surface area contributed by atoms with Crippen molar-refractivity contribution in [2.45, 2.75) is 18.8 Å². The Labute approximate surface area is 204 Å². The molecule has 0 unspecified atom stereocenters. The molecular weight excluding hydrogens is 466 g/mol. The molecule has 0 radical (unpaired) electrons. The Bertz CT molecular complexity index is 1620. The first-order valence-corrected chi connectivity index (χ1v) is 11.5. The Kier molecular flexibility index (Phi) is 4.95. The van der Waals surface area contributed by atoms with Gasteiger partial charge in [-0.3, -0.25) is 9.20 Å². The van der Waals surface area contributed by atoms with Crippen molar-refractivity contribution in [2.75, 3.05) is 24.3 Å². The topological polar surface area (TPSA) is 92.7 Å². The first kappa shape index (κ1) is 22.1. The number of imidazole rings is 1. The molecule has 0 bridgehead atoms. The molecule has 1 aliphatic carbocycles. The van der Waals surface area contributed by atoms with Crippen LogP contribution >= 0.6 is 0 Å². The van der Waals surface area contributed by atoms with E-state index in [1.807, 2.05) is 49.3 Å². The molecule has 182 valence electrons. The number of nitrogens with zero attached hydrogens (tertiary/aromatic N) is 7.